The summed E-state index contributed by atoms with van der Waals surface area (Å²) in [6.45, 7) is 4.42. The predicted molar refractivity (Wildman–Crippen MR) is 65.4 cm³/mol. The van der Waals surface area contributed by atoms with Gasteiger partial charge < -0.3 is 10.6 Å². The standard InChI is InChI=1S/C12H20N4O/c1-9-3-6-16(8-10(9)7-13)12(17)11-4-5-15(2)14-11/h4-5,9-10H,3,6-8,13H2,1-2H3. The van der Waals surface area contributed by atoms with Crippen LogP contribution in [0, 0.1) is 11.8 Å². The molecule has 5 nitrogen and oxygen atoms in total. The second kappa shape index (κ2) is 4.87. The summed E-state index contributed by atoms with van der Waals surface area (Å²) in [5, 5.41) is 4.15. The number of likely N-dealkylation sites (tertiary alicyclic amines) is 1. The van der Waals surface area contributed by atoms with Crippen molar-refractivity contribution in [2.75, 3.05) is 19.6 Å². The van der Waals surface area contributed by atoms with E-state index in [2.05, 4.69) is 12.0 Å². The maximum atomic E-state index is 12.2. The average molecular weight is 236 g/mol. The van der Waals surface area contributed by atoms with E-state index < -0.39 is 0 Å². The molecule has 1 fully saturated rings. The van der Waals surface area contributed by atoms with Crippen molar-refractivity contribution in [2.45, 2.75) is 13.3 Å². The molecule has 0 aromatic carbocycles. The molecule has 1 aliphatic heterocycles. The Kier molecular flexibility index (Phi) is 3.47. The van der Waals surface area contributed by atoms with Crippen molar-refractivity contribution in [3.05, 3.63) is 18.0 Å². The molecule has 0 radical (unpaired) electrons. The minimum absolute atomic E-state index is 0.0240. The molecule has 0 aliphatic carbocycles. The lowest BCUT2D eigenvalue weighted by atomic mass is 9.87. The van der Waals surface area contributed by atoms with Gasteiger partial charge in [-0.15, -0.1) is 0 Å². The van der Waals surface area contributed by atoms with Crippen molar-refractivity contribution >= 4 is 5.91 Å². The summed E-state index contributed by atoms with van der Waals surface area (Å²) < 4.78 is 1.65. The molecule has 2 heterocycles. The van der Waals surface area contributed by atoms with E-state index >= 15 is 0 Å². The van der Waals surface area contributed by atoms with Crippen LogP contribution in [-0.4, -0.2) is 40.2 Å². The maximum absolute atomic E-state index is 12.2. The molecule has 5 heteroatoms. The Morgan fingerprint density at radius 2 is 2.41 bits per heavy atom. The van der Waals surface area contributed by atoms with Gasteiger partial charge in [-0.3, -0.25) is 9.48 Å². The van der Waals surface area contributed by atoms with Crippen LogP contribution in [0.4, 0.5) is 0 Å². The van der Waals surface area contributed by atoms with Gasteiger partial charge in [0.1, 0.15) is 5.69 Å². The Bertz CT molecular complexity index is 401. The number of nitrogens with two attached hydrogens (primary N) is 1. The number of aryl methyl sites for hydroxylation is 1. The first-order valence-corrected chi connectivity index (χ1v) is 6.10. The highest BCUT2D eigenvalue weighted by molar-refractivity contribution is 5.92. The van der Waals surface area contributed by atoms with Crippen LogP contribution < -0.4 is 5.73 Å². The second-order valence-electron chi connectivity index (χ2n) is 4.89. The summed E-state index contributed by atoms with van der Waals surface area (Å²) in [7, 11) is 1.82. The second-order valence-corrected chi connectivity index (χ2v) is 4.89. The molecule has 2 unspecified atom stereocenters. The zero-order chi connectivity index (χ0) is 12.4. The van der Waals surface area contributed by atoms with E-state index in [1.807, 2.05) is 11.9 Å². The molecular formula is C12H20N4O. The summed E-state index contributed by atoms with van der Waals surface area (Å²) in [5.74, 6) is 1.04. The largest absolute Gasteiger partial charge is 0.337 e. The van der Waals surface area contributed by atoms with Crippen LogP contribution >= 0.6 is 0 Å². The topological polar surface area (TPSA) is 64.2 Å². The molecule has 1 aliphatic rings. The van der Waals surface area contributed by atoms with Gasteiger partial charge in [-0.1, -0.05) is 6.92 Å². The summed E-state index contributed by atoms with van der Waals surface area (Å²) in [4.78, 5) is 14.1. The summed E-state index contributed by atoms with van der Waals surface area (Å²) in [6, 6.07) is 1.76. The molecule has 0 bridgehead atoms. The highest BCUT2D eigenvalue weighted by Gasteiger charge is 2.29. The van der Waals surface area contributed by atoms with Crippen LogP contribution in [0.25, 0.3) is 0 Å². The van der Waals surface area contributed by atoms with E-state index in [4.69, 9.17) is 5.73 Å². The van der Waals surface area contributed by atoms with E-state index in [9.17, 15) is 4.79 Å². The fourth-order valence-corrected chi connectivity index (χ4v) is 2.33. The average Bonchev–Trinajstić information content (AvgIpc) is 2.75. The Morgan fingerprint density at radius 1 is 1.65 bits per heavy atom. The van der Waals surface area contributed by atoms with Gasteiger partial charge in [0.15, 0.2) is 0 Å². The monoisotopic (exact) mass is 236 g/mol. The molecule has 94 valence electrons. The fourth-order valence-electron chi connectivity index (χ4n) is 2.33. The number of aromatic nitrogens is 2. The third kappa shape index (κ3) is 2.49. The van der Waals surface area contributed by atoms with E-state index in [1.165, 1.54) is 0 Å². The van der Waals surface area contributed by atoms with Gasteiger partial charge in [-0.25, -0.2) is 0 Å². The van der Waals surface area contributed by atoms with Crippen LogP contribution in [-0.2, 0) is 7.05 Å². The summed E-state index contributed by atoms with van der Waals surface area (Å²) in [6.07, 6.45) is 2.82. The minimum atomic E-state index is 0.0240. The highest BCUT2D eigenvalue weighted by Crippen LogP contribution is 2.23. The van der Waals surface area contributed by atoms with E-state index in [-0.39, 0.29) is 5.91 Å². The molecule has 0 spiro atoms. The number of carbonyl (C=O) groups excluding carboxylic acids is 1. The maximum Gasteiger partial charge on any atom is 0.274 e. The summed E-state index contributed by atoms with van der Waals surface area (Å²) >= 11 is 0. The lowest BCUT2D eigenvalue weighted by Crippen LogP contribution is -2.45. The lowest BCUT2D eigenvalue weighted by Gasteiger charge is -2.36. The minimum Gasteiger partial charge on any atom is -0.337 e. The SMILES string of the molecule is CC1CCN(C(=O)c2ccn(C)n2)CC1CN. The number of rotatable bonds is 2. The quantitative estimate of drug-likeness (QED) is 0.812. The Balaban J connectivity index is 2.05. The number of hydrogen-bond donors (Lipinski definition) is 1. The van der Waals surface area contributed by atoms with Crippen molar-refractivity contribution < 1.29 is 4.79 Å². The lowest BCUT2D eigenvalue weighted by molar-refractivity contribution is 0.0612. The third-order valence-electron chi connectivity index (χ3n) is 3.64. The Morgan fingerprint density at radius 3 is 3.00 bits per heavy atom. The van der Waals surface area contributed by atoms with Crippen LogP contribution in [0.15, 0.2) is 12.3 Å². The smallest absolute Gasteiger partial charge is 0.274 e. The highest BCUT2D eigenvalue weighted by atomic mass is 16.2. The molecule has 0 saturated carbocycles. The zero-order valence-corrected chi connectivity index (χ0v) is 10.5. The molecule has 2 rings (SSSR count). The van der Waals surface area contributed by atoms with E-state index in [1.54, 1.807) is 16.9 Å². The predicted octanol–water partition coefficient (Wildman–Crippen LogP) is 0.477. The molecule has 2 atom stereocenters. The third-order valence-corrected chi connectivity index (χ3v) is 3.64. The van der Waals surface area contributed by atoms with Crippen molar-refractivity contribution in [2.24, 2.45) is 24.6 Å². The molecule has 1 amide bonds. The number of amides is 1. The van der Waals surface area contributed by atoms with Crippen molar-refractivity contribution in [1.82, 2.24) is 14.7 Å². The van der Waals surface area contributed by atoms with Gasteiger partial charge >= 0.3 is 0 Å². The normalized spacial score (nSPS) is 25.0. The number of hydrogen-bond acceptors (Lipinski definition) is 3. The first-order valence-electron chi connectivity index (χ1n) is 6.10. The van der Waals surface area contributed by atoms with E-state index in [0.717, 1.165) is 19.5 Å². The molecule has 17 heavy (non-hydrogen) atoms. The molecular weight excluding hydrogens is 216 g/mol. The van der Waals surface area contributed by atoms with Crippen molar-refractivity contribution in [3.8, 4) is 0 Å². The molecule has 1 saturated heterocycles. The van der Waals surface area contributed by atoms with Crippen molar-refractivity contribution in [1.29, 1.82) is 0 Å². The molecule has 1 aromatic heterocycles. The molecule has 1 aromatic rings. The zero-order valence-electron chi connectivity index (χ0n) is 10.5. The van der Waals surface area contributed by atoms with Gasteiger partial charge in [-0.05, 0) is 30.9 Å². The number of carbonyl (C=O) groups is 1. The first-order chi connectivity index (χ1) is 8.11. The first kappa shape index (κ1) is 12.1. The summed E-state index contributed by atoms with van der Waals surface area (Å²) in [5.41, 5.74) is 6.27. The Hall–Kier alpha value is -1.36. The van der Waals surface area contributed by atoms with Crippen LogP contribution in [0.3, 0.4) is 0 Å². The van der Waals surface area contributed by atoms with E-state index in [0.29, 0.717) is 24.1 Å². The van der Waals surface area contributed by atoms with Crippen LogP contribution in [0.1, 0.15) is 23.8 Å². The number of piperidine rings is 1. The van der Waals surface area contributed by atoms with Gasteiger partial charge in [-0.2, -0.15) is 5.10 Å². The van der Waals surface area contributed by atoms with Crippen LogP contribution in [0.2, 0.25) is 0 Å². The van der Waals surface area contributed by atoms with Gasteiger partial charge in [0.25, 0.3) is 5.91 Å². The Labute approximate surface area is 102 Å². The van der Waals surface area contributed by atoms with Gasteiger partial charge in [0.2, 0.25) is 0 Å². The number of nitrogens with zero attached hydrogens (tertiary/aromatic N) is 3. The van der Waals surface area contributed by atoms with Gasteiger partial charge in [0.05, 0.1) is 0 Å². The molecule has 2 N–H and O–H groups in total. The van der Waals surface area contributed by atoms with Crippen LogP contribution in [0.5, 0.6) is 0 Å². The van der Waals surface area contributed by atoms with Gasteiger partial charge in [0, 0.05) is 26.3 Å². The van der Waals surface area contributed by atoms with Crippen molar-refractivity contribution in [3.63, 3.8) is 0 Å². The fraction of sp³-hybridized carbons (Fsp3) is 0.667.